The monoisotopic (exact) mass is 372 g/mol. The van der Waals surface area contributed by atoms with Gasteiger partial charge in [-0.3, -0.25) is 4.79 Å². The number of rotatable bonds is 7. The number of carbonyl (C=O) groups excluding carboxylic acids is 1. The van der Waals surface area contributed by atoms with E-state index in [2.05, 4.69) is 26.9 Å². The Hall–Kier alpha value is -2.60. The molecule has 1 aliphatic carbocycles. The fraction of sp³-hybridized carbons (Fsp3) is 0.471. The van der Waals surface area contributed by atoms with Crippen LogP contribution in [0.15, 0.2) is 23.4 Å². The van der Waals surface area contributed by atoms with Crippen LogP contribution in [-0.2, 0) is 4.79 Å². The second kappa shape index (κ2) is 7.33. The minimum Gasteiger partial charge on any atom is -0.494 e. The molecule has 1 aromatic heterocycles. The number of hydrogen-bond donors (Lipinski definition) is 1. The predicted octanol–water partition coefficient (Wildman–Crippen LogP) is 1.88. The quantitative estimate of drug-likeness (QED) is 0.740. The predicted molar refractivity (Wildman–Crippen MR) is 96.1 cm³/mol. The van der Waals surface area contributed by atoms with Crippen molar-refractivity contribution in [2.24, 2.45) is 5.92 Å². The summed E-state index contributed by atoms with van der Waals surface area (Å²) in [6.07, 6.45) is 1.95. The number of aryl methyl sites for hydroxylation is 1. The number of thioether (sulfide) groups is 1. The molecule has 26 heavy (non-hydrogen) atoms. The Morgan fingerprint density at radius 2 is 2.31 bits per heavy atom. The Morgan fingerprint density at radius 3 is 2.96 bits per heavy atom. The van der Waals surface area contributed by atoms with Crippen LogP contribution in [0.3, 0.4) is 0 Å². The standard InChI is InChI=1S/C17H20N6O2S/c1-11-4-7-14(25-3)13(8-11)23-16(20-21-22-23)26-9-15(24)19-17(2,10-18)12-5-6-12/h4,7-8,12H,5-6,9H2,1-3H3,(H,19,24)/t17-/m1/s1. The lowest BCUT2D eigenvalue weighted by atomic mass is 9.98. The van der Waals surface area contributed by atoms with E-state index in [1.165, 1.54) is 11.8 Å². The number of nitrogens with one attached hydrogen (secondary N) is 1. The molecule has 0 radical (unpaired) electrons. The van der Waals surface area contributed by atoms with Crippen LogP contribution in [0, 0.1) is 24.2 Å². The first-order valence-corrected chi connectivity index (χ1v) is 9.24. The molecule has 0 bridgehead atoms. The SMILES string of the molecule is COc1ccc(C)cc1-n1nnnc1SCC(=O)N[C@](C)(C#N)C1CC1. The number of carbonyl (C=O) groups is 1. The second-order valence-corrected chi connectivity index (χ2v) is 7.42. The molecule has 1 heterocycles. The Labute approximate surface area is 155 Å². The van der Waals surface area contributed by atoms with Crippen LogP contribution in [0.25, 0.3) is 5.69 Å². The maximum absolute atomic E-state index is 12.3. The molecule has 1 amide bonds. The van der Waals surface area contributed by atoms with Gasteiger partial charge in [-0.05, 0) is 60.7 Å². The van der Waals surface area contributed by atoms with E-state index in [4.69, 9.17) is 4.74 Å². The highest BCUT2D eigenvalue weighted by atomic mass is 32.2. The second-order valence-electron chi connectivity index (χ2n) is 6.47. The van der Waals surface area contributed by atoms with Crippen LogP contribution in [0.2, 0.25) is 0 Å². The van der Waals surface area contributed by atoms with Crippen LogP contribution in [-0.4, -0.2) is 44.5 Å². The number of methoxy groups -OCH3 is 1. The van der Waals surface area contributed by atoms with Crippen molar-refractivity contribution in [3.05, 3.63) is 23.8 Å². The molecule has 2 aromatic rings. The van der Waals surface area contributed by atoms with Crippen molar-refractivity contribution in [2.75, 3.05) is 12.9 Å². The third kappa shape index (κ3) is 3.80. The molecule has 1 atom stereocenters. The zero-order chi connectivity index (χ0) is 18.7. The van der Waals surface area contributed by atoms with Crippen molar-refractivity contribution in [2.45, 2.75) is 37.4 Å². The molecule has 0 unspecified atom stereocenters. The molecule has 1 N–H and O–H groups in total. The van der Waals surface area contributed by atoms with Gasteiger partial charge in [0.15, 0.2) is 0 Å². The largest absolute Gasteiger partial charge is 0.494 e. The van der Waals surface area contributed by atoms with Crippen LogP contribution in [0.4, 0.5) is 0 Å². The first-order valence-electron chi connectivity index (χ1n) is 8.25. The van der Waals surface area contributed by atoms with E-state index in [1.807, 2.05) is 25.1 Å². The Bertz CT molecular complexity index is 857. The molecule has 1 fully saturated rings. The highest BCUT2D eigenvalue weighted by molar-refractivity contribution is 7.99. The van der Waals surface area contributed by atoms with Gasteiger partial charge >= 0.3 is 0 Å². The van der Waals surface area contributed by atoms with E-state index in [1.54, 1.807) is 18.7 Å². The zero-order valence-electron chi connectivity index (χ0n) is 14.9. The van der Waals surface area contributed by atoms with E-state index in [0.29, 0.717) is 16.6 Å². The van der Waals surface area contributed by atoms with E-state index in [9.17, 15) is 10.1 Å². The summed E-state index contributed by atoms with van der Waals surface area (Å²) in [6.45, 7) is 3.74. The molecule has 9 heteroatoms. The molecule has 1 saturated carbocycles. The maximum atomic E-state index is 12.3. The molecule has 0 saturated heterocycles. The number of amides is 1. The van der Waals surface area contributed by atoms with Crippen LogP contribution < -0.4 is 10.1 Å². The van der Waals surface area contributed by atoms with Gasteiger partial charge in [-0.1, -0.05) is 17.8 Å². The summed E-state index contributed by atoms with van der Waals surface area (Å²) in [4.78, 5) is 12.3. The van der Waals surface area contributed by atoms with E-state index >= 15 is 0 Å². The summed E-state index contributed by atoms with van der Waals surface area (Å²) in [5.74, 6) is 0.790. The minimum atomic E-state index is -0.802. The Kier molecular flexibility index (Phi) is 5.13. The third-order valence-corrected chi connectivity index (χ3v) is 5.28. The van der Waals surface area contributed by atoms with E-state index in [-0.39, 0.29) is 17.6 Å². The fourth-order valence-electron chi connectivity index (χ4n) is 2.72. The molecular formula is C17H20N6O2S. The fourth-order valence-corrected chi connectivity index (χ4v) is 3.41. The number of aromatic nitrogens is 4. The summed E-state index contributed by atoms with van der Waals surface area (Å²) >= 11 is 1.21. The minimum absolute atomic E-state index is 0.124. The van der Waals surface area contributed by atoms with Gasteiger partial charge in [0, 0.05) is 0 Å². The van der Waals surface area contributed by atoms with Gasteiger partial charge < -0.3 is 10.1 Å². The number of benzene rings is 1. The van der Waals surface area contributed by atoms with Gasteiger partial charge in [0.1, 0.15) is 17.0 Å². The van der Waals surface area contributed by atoms with Crippen molar-refractivity contribution >= 4 is 17.7 Å². The van der Waals surface area contributed by atoms with Crippen molar-refractivity contribution in [3.63, 3.8) is 0 Å². The molecule has 8 nitrogen and oxygen atoms in total. The molecular weight excluding hydrogens is 352 g/mol. The van der Waals surface area contributed by atoms with Gasteiger partial charge in [-0.15, -0.1) is 5.10 Å². The first kappa shape index (κ1) is 18.2. The van der Waals surface area contributed by atoms with Crippen molar-refractivity contribution in [3.8, 4) is 17.5 Å². The molecule has 136 valence electrons. The van der Waals surface area contributed by atoms with Crippen molar-refractivity contribution < 1.29 is 9.53 Å². The molecule has 1 aromatic carbocycles. The highest BCUT2D eigenvalue weighted by Crippen LogP contribution is 2.39. The first-order chi connectivity index (χ1) is 12.5. The van der Waals surface area contributed by atoms with E-state index in [0.717, 1.165) is 18.4 Å². The van der Waals surface area contributed by atoms with Crippen LogP contribution in [0.5, 0.6) is 5.75 Å². The van der Waals surface area contributed by atoms with Gasteiger partial charge in [0.05, 0.1) is 18.9 Å². The maximum Gasteiger partial charge on any atom is 0.231 e. The van der Waals surface area contributed by atoms with Crippen LogP contribution >= 0.6 is 11.8 Å². The molecule has 0 aliphatic heterocycles. The summed E-state index contributed by atoms with van der Waals surface area (Å²) < 4.78 is 6.93. The highest BCUT2D eigenvalue weighted by Gasteiger charge is 2.42. The molecule has 1 aliphatic rings. The molecule has 3 rings (SSSR count). The topological polar surface area (TPSA) is 106 Å². The Morgan fingerprint density at radius 1 is 1.54 bits per heavy atom. The van der Waals surface area contributed by atoms with Crippen molar-refractivity contribution in [1.29, 1.82) is 5.26 Å². The van der Waals surface area contributed by atoms with Gasteiger partial charge in [-0.2, -0.15) is 9.94 Å². The average molecular weight is 372 g/mol. The van der Waals surface area contributed by atoms with Crippen LogP contribution in [0.1, 0.15) is 25.3 Å². The lowest BCUT2D eigenvalue weighted by Crippen LogP contribution is -2.47. The number of nitrogens with zero attached hydrogens (tertiary/aromatic N) is 5. The van der Waals surface area contributed by atoms with E-state index < -0.39 is 5.54 Å². The number of tetrazole rings is 1. The van der Waals surface area contributed by atoms with Crippen molar-refractivity contribution in [1.82, 2.24) is 25.5 Å². The number of hydrogen-bond acceptors (Lipinski definition) is 7. The summed E-state index contributed by atoms with van der Waals surface area (Å²) in [5, 5.41) is 24.4. The lowest BCUT2D eigenvalue weighted by molar-refractivity contribution is -0.119. The normalized spacial score (nSPS) is 15.8. The number of ether oxygens (including phenoxy) is 1. The number of nitriles is 1. The smallest absolute Gasteiger partial charge is 0.231 e. The lowest BCUT2D eigenvalue weighted by Gasteiger charge is -2.22. The van der Waals surface area contributed by atoms with Gasteiger partial charge in [0.2, 0.25) is 11.1 Å². The summed E-state index contributed by atoms with van der Waals surface area (Å²) in [7, 11) is 1.58. The van der Waals surface area contributed by atoms with Gasteiger partial charge in [0.25, 0.3) is 0 Å². The average Bonchev–Trinajstić information content (AvgIpc) is 3.39. The third-order valence-electron chi connectivity index (χ3n) is 4.36. The summed E-state index contributed by atoms with van der Waals surface area (Å²) in [6, 6.07) is 7.92. The van der Waals surface area contributed by atoms with Gasteiger partial charge in [-0.25, -0.2) is 0 Å². The zero-order valence-corrected chi connectivity index (χ0v) is 15.7. The Balaban J connectivity index is 1.71. The summed E-state index contributed by atoms with van der Waals surface area (Å²) in [5.41, 5.74) is 0.947. The molecule has 0 spiro atoms.